The Hall–Kier alpha value is -4.37. The van der Waals surface area contributed by atoms with Crippen LogP contribution in [0.1, 0.15) is 258 Å². The van der Waals surface area contributed by atoms with Crippen molar-refractivity contribution in [2.75, 3.05) is 47.5 Å². The molecule has 0 aromatic carbocycles. The number of carbonyl (C=O) groups excluding carboxylic acids is 2. The Morgan fingerprint density at radius 2 is 0.628 bits per heavy atom. The van der Waals surface area contributed by atoms with Gasteiger partial charge in [-0.1, -0.05) is 281 Å². The second-order valence-corrected chi connectivity index (χ2v) is 24.8. The molecule has 0 saturated carbocycles. The maximum Gasteiger partial charge on any atom is 0.306 e. The number of quaternary nitrogens is 1. The van der Waals surface area contributed by atoms with Crippen LogP contribution >= 0.6 is 7.82 Å². The second kappa shape index (κ2) is 65.1. The maximum absolute atomic E-state index is 12.8. The van der Waals surface area contributed by atoms with E-state index >= 15 is 0 Å². The van der Waals surface area contributed by atoms with Gasteiger partial charge >= 0.3 is 11.9 Å². The van der Waals surface area contributed by atoms with Gasteiger partial charge in [-0.2, -0.15) is 0 Å². The third-order valence-electron chi connectivity index (χ3n) is 14.0. The van der Waals surface area contributed by atoms with Crippen molar-refractivity contribution in [3.05, 3.63) is 158 Å². The molecule has 10 heteroatoms. The van der Waals surface area contributed by atoms with Crippen molar-refractivity contribution in [3.63, 3.8) is 0 Å². The molecule has 0 rings (SSSR count). The van der Waals surface area contributed by atoms with Crippen LogP contribution in [-0.4, -0.2) is 70.0 Å². The topological polar surface area (TPSA) is 111 Å². The van der Waals surface area contributed by atoms with Gasteiger partial charge in [0.2, 0.25) is 0 Å². The summed E-state index contributed by atoms with van der Waals surface area (Å²) in [6.07, 6.45) is 97.5. The average molecular weight is 1210 g/mol. The number of nitrogens with zero attached hydrogens (tertiary/aromatic N) is 1. The lowest BCUT2D eigenvalue weighted by atomic mass is 10.0. The van der Waals surface area contributed by atoms with Crippen molar-refractivity contribution >= 4 is 19.8 Å². The molecule has 2 atom stereocenters. The Bertz CT molecular complexity index is 2010. The number of phosphoric ester groups is 1. The molecule has 9 nitrogen and oxygen atoms in total. The highest BCUT2D eigenvalue weighted by molar-refractivity contribution is 7.45. The number of carbonyl (C=O) groups is 2. The molecule has 0 N–H and O–H groups in total. The number of rotatable bonds is 61. The first-order valence-electron chi connectivity index (χ1n) is 34.2. The number of allylic oxidation sites excluding steroid dienone is 26. The molecule has 0 saturated heterocycles. The molecule has 0 heterocycles. The molecule has 86 heavy (non-hydrogen) atoms. The highest BCUT2D eigenvalue weighted by Gasteiger charge is 2.22. The fraction of sp³-hybridized carbons (Fsp3) is 0.632. The van der Waals surface area contributed by atoms with Gasteiger partial charge in [-0.25, -0.2) is 0 Å². The van der Waals surface area contributed by atoms with Crippen LogP contribution in [0.15, 0.2) is 158 Å². The van der Waals surface area contributed by atoms with Crippen molar-refractivity contribution in [1.29, 1.82) is 0 Å². The summed E-state index contributed by atoms with van der Waals surface area (Å²) in [7, 11) is 1.12. The van der Waals surface area contributed by atoms with Gasteiger partial charge in [0.15, 0.2) is 6.10 Å². The standard InChI is InChI=1S/C76H126NO8P/c1-6-8-10-12-14-16-18-20-22-24-26-28-30-32-34-35-36-37-38-39-40-41-43-44-46-48-50-52-54-56-58-60-62-64-66-68-75(78)82-72-74(73-84-86(80,81)83-71-70-77(3,4)5)85-76(79)69-67-65-63-61-59-57-55-53-51-49-47-45-42-33-31-29-27-25-23-21-19-17-15-13-11-9-7-2/h8-11,14-17,20-23,26-29,32-34,42,47,49,53,55,59,61,74H,6-7,12-13,18-19,24-25,30-31,35-41,43-46,48,50-52,54,56-58,60,62-73H2,1-5H3/b10-8-,11-9-,16-14-,17-15-,22-20-,23-21-,28-26-,29-27-,34-32-,42-33-,49-47-,55-53-,61-59-. The van der Waals surface area contributed by atoms with E-state index in [1.165, 1.54) is 109 Å². The molecule has 0 aromatic rings. The van der Waals surface area contributed by atoms with E-state index in [0.717, 1.165) is 116 Å². The fourth-order valence-electron chi connectivity index (χ4n) is 8.88. The maximum atomic E-state index is 12.8. The van der Waals surface area contributed by atoms with Gasteiger partial charge in [0.25, 0.3) is 7.82 Å². The number of phosphoric acid groups is 1. The van der Waals surface area contributed by atoms with Crippen LogP contribution in [0.5, 0.6) is 0 Å². The van der Waals surface area contributed by atoms with Crippen molar-refractivity contribution in [1.82, 2.24) is 0 Å². The van der Waals surface area contributed by atoms with Crippen molar-refractivity contribution in [2.45, 2.75) is 264 Å². The van der Waals surface area contributed by atoms with E-state index in [9.17, 15) is 19.0 Å². The number of hydrogen-bond acceptors (Lipinski definition) is 8. The summed E-state index contributed by atoms with van der Waals surface area (Å²) in [6.45, 7) is 3.96. The Kier molecular flexibility index (Phi) is 61.8. The zero-order valence-electron chi connectivity index (χ0n) is 55.4. The van der Waals surface area contributed by atoms with Crippen LogP contribution in [0.4, 0.5) is 0 Å². The third-order valence-corrected chi connectivity index (χ3v) is 15.0. The van der Waals surface area contributed by atoms with Crippen molar-refractivity contribution in [3.8, 4) is 0 Å². The number of ether oxygens (including phenoxy) is 2. The quantitative estimate of drug-likeness (QED) is 0.0195. The second-order valence-electron chi connectivity index (χ2n) is 23.4. The van der Waals surface area contributed by atoms with Crippen LogP contribution in [0.3, 0.4) is 0 Å². The summed E-state index contributed by atoms with van der Waals surface area (Å²) >= 11 is 0. The Balaban J connectivity index is 4.13. The van der Waals surface area contributed by atoms with E-state index in [-0.39, 0.29) is 26.1 Å². The molecule has 0 fully saturated rings. The lowest BCUT2D eigenvalue weighted by Gasteiger charge is -2.28. The minimum atomic E-state index is -4.66. The molecule has 0 aliphatic carbocycles. The van der Waals surface area contributed by atoms with E-state index in [2.05, 4.69) is 172 Å². The van der Waals surface area contributed by atoms with Gasteiger partial charge in [-0.3, -0.25) is 14.2 Å². The molecule has 0 amide bonds. The highest BCUT2D eigenvalue weighted by atomic mass is 31.2. The molecule has 0 aromatic heterocycles. The first-order chi connectivity index (χ1) is 42.0. The lowest BCUT2D eigenvalue weighted by molar-refractivity contribution is -0.870. The third kappa shape index (κ3) is 68.7. The lowest BCUT2D eigenvalue weighted by Crippen LogP contribution is -2.37. The van der Waals surface area contributed by atoms with E-state index < -0.39 is 32.5 Å². The molecule has 0 spiro atoms. The molecule has 488 valence electrons. The first kappa shape index (κ1) is 81.6. The minimum Gasteiger partial charge on any atom is -0.756 e. The van der Waals surface area contributed by atoms with Crippen molar-refractivity contribution < 1.29 is 42.1 Å². The predicted octanol–water partition coefficient (Wildman–Crippen LogP) is 21.7. The number of likely N-dealkylation sites (N-methyl/N-ethyl adjacent to an activating group) is 1. The fourth-order valence-corrected chi connectivity index (χ4v) is 9.60. The van der Waals surface area contributed by atoms with Gasteiger partial charge in [-0.05, 0) is 122 Å². The summed E-state index contributed by atoms with van der Waals surface area (Å²) < 4.78 is 34.2. The van der Waals surface area contributed by atoms with Gasteiger partial charge in [0, 0.05) is 12.8 Å². The van der Waals surface area contributed by atoms with Crippen molar-refractivity contribution in [2.24, 2.45) is 0 Å². The van der Waals surface area contributed by atoms with E-state index in [1.54, 1.807) is 0 Å². The summed E-state index contributed by atoms with van der Waals surface area (Å²) in [5, 5.41) is 0. The summed E-state index contributed by atoms with van der Waals surface area (Å²) in [6, 6.07) is 0. The van der Waals surface area contributed by atoms with Gasteiger partial charge in [0.1, 0.15) is 19.8 Å². The monoisotopic (exact) mass is 1210 g/mol. The number of hydrogen-bond donors (Lipinski definition) is 0. The number of unbranched alkanes of at least 4 members (excludes halogenated alkanes) is 21. The van der Waals surface area contributed by atoms with Gasteiger partial charge < -0.3 is 27.9 Å². The van der Waals surface area contributed by atoms with E-state index in [4.69, 9.17) is 18.5 Å². The SMILES string of the molecule is CC/C=C\C/C=C\C/C=C\C/C=C\C/C=C\C/C=C\C/C=C\C/C=C\CCCCC(=O)OC(COC(=O)CCCCCCCCCCCCCCCCCCCCC/C=C\C/C=C\C/C=C\C/C=C\C/C=C\CC)COP(=O)([O-])OCC[N+](C)(C)C. The highest BCUT2D eigenvalue weighted by Crippen LogP contribution is 2.38. The van der Waals surface area contributed by atoms with E-state index in [1.807, 2.05) is 21.1 Å². The Morgan fingerprint density at radius 3 is 0.953 bits per heavy atom. The normalized spacial score (nSPS) is 14.2. The largest absolute Gasteiger partial charge is 0.756 e. The van der Waals surface area contributed by atoms with Crippen LogP contribution < -0.4 is 4.89 Å². The van der Waals surface area contributed by atoms with Crippen LogP contribution in [0.2, 0.25) is 0 Å². The number of esters is 2. The molecule has 0 radical (unpaired) electrons. The Morgan fingerprint density at radius 1 is 0.360 bits per heavy atom. The molecule has 0 bridgehead atoms. The first-order valence-corrected chi connectivity index (χ1v) is 35.7. The van der Waals surface area contributed by atoms with E-state index in [0.29, 0.717) is 17.4 Å². The van der Waals surface area contributed by atoms with Crippen LogP contribution in [0.25, 0.3) is 0 Å². The molecule has 0 aliphatic rings. The zero-order chi connectivity index (χ0) is 62.6. The molecule has 2 unspecified atom stereocenters. The van der Waals surface area contributed by atoms with Gasteiger partial charge in [0.05, 0.1) is 27.7 Å². The van der Waals surface area contributed by atoms with Crippen LogP contribution in [-0.2, 0) is 32.7 Å². The Labute approximate surface area is 528 Å². The predicted molar refractivity (Wildman–Crippen MR) is 369 cm³/mol. The molecular weight excluding hydrogens is 1090 g/mol. The molecular formula is C76H126NO8P. The average Bonchev–Trinajstić information content (AvgIpc) is 3.53. The van der Waals surface area contributed by atoms with Gasteiger partial charge in [-0.15, -0.1) is 0 Å². The summed E-state index contributed by atoms with van der Waals surface area (Å²) in [5.41, 5.74) is 0. The minimum absolute atomic E-state index is 0.0468. The van der Waals surface area contributed by atoms with Crippen LogP contribution in [0, 0.1) is 0 Å². The molecule has 0 aliphatic heterocycles. The smallest absolute Gasteiger partial charge is 0.306 e. The zero-order valence-corrected chi connectivity index (χ0v) is 56.3. The summed E-state index contributed by atoms with van der Waals surface area (Å²) in [4.78, 5) is 38.0. The summed E-state index contributed by atoms with van der Waals surface area (Å²) in [5.74, 6) is -0.889.